The predicted molar refractivity (Wildman–Crippen MR) is 80.2 cm³/mol. The number of para-hydroxylation sites is 1. The zero-order valence-electron chi connectivity index (χ0n) is 9.97. The van der Waals surface area contributed by atoms with E-state index in [4.69, 9.17) is 0 Å². The van der Waals surface area contributed by atoms with Gasteiger partial charge in [0.05, 0.1) is 4.92 Å². The molecule has 0 aromatic heterocycles. The fourth-order valence-electron chi connectivity index (χ4n) is 1.60. The minimum atomic E-state index is -0.849. The number of nitro groups is 1. The molecule has 2 aromatic carbocycles. The van der Waals surface area contributed by atoms with Gasteiger partial charge in [-0.25, -0.2) is 4.39 Å². The molecule has 5 nitrogen and oxygen atoms in total. The molecule has 0 aliphatic heterocycles. The summed E-state index contributed by atoms with van der Waals surface area (Å²) in [6.45, 7) is 0. The number of nitrogens with zero attached hydrogens (tertiary/aromatic N) is 1. The van der Waals surface area contributed by atoms with Crippen molar-refractivity contribution < 1.29 is 14.1 Å². The molecule has 1 N–H and O–H groups in total. The van der Waals surface area contributed by atoms with Gasteiger partial charge in [0.25, 0.3) is 11.6 Å². The van der Waals surface area contributed by atoms with E-state index in [-0.39, 0.29) is 0 Å². The van der Waals surface area contributed by atoms with E-state index in [0.717, 1.165) is 15.7 Å². The van der Waals surface area contributed by atoms with Crippen LogP contribution in [-0.4, -0.2) is 10.8 Å². The average Bonchev–Trinajstić information content (AvgIpc) is 2.40. The van der Waals surface area contributed by atoms with Crippen molar-refractivity contribution in [2.75, 3.05) is 5.32 Å². The molecule has 102 valence electrons. The summed E-state index contributed by atoms with van der Waals surface area (Å²) in [7, 11) is 0. The van der Waals surface area contributed by atoms with E-state index in [1.807, 2.05) is 22.6 Å². The molecule has 0 aliphatic rings. The number of carbonyl (C=O) groups is 1. The lowest BCUT2D eigenvalue weighted by Crippen LogP contribution is -2.14. The van der Waals surface area contributed by atoms with Gasteiger partial charge in [0.15, 0.2) is 11.5 Å². The summed E-state index contributed by atoms with van der Waals surface area (Å²) in [6.07, 6.45) is 0. The number of anilines is 1. The smallest absolute Gasteiger partial charge is 0.295 e. The molecule has 0 saturated heterocycles. The first kappa shape index (κ1) is 14.4. The quantitative estimate of drug-likeness (QED) is 0.498. The normalized spacial score (nSPS) is 10.1. The third kappa shape index (κ3) is 3.10. The van der Waals surface area contributed by atoms with E-state index in [0.29, 0.717) is 5.56 Å². The second-order valence-electron chi connectivity index (χ2n) is 3.86. The Labute approximate surface area is 127 Å². The summed E-state index contributed by atoms with van der Waals surface area (Å²) in [4.78, 5) is 22.1. The van der Waals surface area contributed by atoms with E-state index in [1.165, 1.54) is 6.07 Å². The first-order chi connectivity index (χ1) is 9.49. The molecule has 0 unspecified atom stereocenters. The highest BCUT2D eigenvalue weighted by molar-refractivity contribution is 14.1. The van der Waals surface area contributed by atoms with Crippen LogP contribution in [0.4, 0.5) is 15.8 Å². The summed E-state index contributed by atoms with van der Waals surface area (Å²) in [5.74, 6) is -1.45. The predicted octanol–water partition coefficient (Wildman–Crippen LogP) is 3.59. The van der Waals surface area contributed by atoms with Gasteiger partial charge in [-0.3, -0.25) is 14.9 Å². The van der Waals surface area contributed by atoms with Crippen LogP contribution in [0.2, 0.25) is 0 Å². The molecular weight excluding hydrogens is 378 g/mol. The van der Waals surface area contributed by atoms with Crippen molar-refractivity contribution in [2.24, 2.45) is 0 Å². The standard InChI is InChI=1S/C13H8FIN2O3/c14-10-5-2-6-11(17(19)20)12(10)16-13(18)8-3-1-4-9(15)7-8/h1-7H,(H,16,18). The molecule has 2 aromatic rings. The molecule has 20 heavy (non-hydrogen) atoms. The number of carbonyl (C=O) groups excluding carboxylic acids is 1. The van der Waals surface area contributed by atoms with Crippen LogP contribution in [0.1, 0.15) is 10.4 Å². The third-order valence-electron chi connectivity index (χ3n) is 2.51. The molecule has 0 saturated carbocycles. The van der Waals surface area contributed by atoms with Crippen molar-refractivity contribution in [2.45, 2.75) is 0 Å². The highest BCUT2D eigenvalue weighted by Crippen LogP contribution is 2.27. The van der Waals surface area contributed by atoms with Crippen molar-refractivity contribution >= 4 is 39.9 Å². The lowest BCUT2D eigenvalue weighted by Gasteiger charge is -2.07. The van der Waals surface area contributed by atoms with E-state index in [1.54, 1.807) is 24.3 Å². The van der Waals surface area contributed by atoms with Gasteiger partial charge in [-0.15, -0.1) is 0 Å². The molecule has 0 spiro atoms. The molecule has 0 radical (unpaired) electrons. The van der Waals surface area contributed by atoms with E-state index in [2.05, 4.69) is 5.32 Å². The van der Waals surface area contributed by atoms with Crippen molar-refractivity contribution in [3.05, 3.63) is 67.5 Å². The largest absolute Gasteiger partial charge is 0.314 e. The van der Waals surface area contributed by atoms with Crippen molar-refractivity contribution in [1.29, 1.82) is 0 Å². The number of nitro benzene ring substituents is 1. The number of hydrogen-bond donors (Lipinski definition) is 1. The highest BCUT2D eigenvalue weighted by Gasteiger charge is 2.20. The minimum absolute atomic E-state index is 0.300. The minimum Gasteiger partial charge on any atom is -0.314 e. The van der Waals surface area contributed by atoms with Crippen molar-refractivity contribution in [1.82, 2.24) is 0 Å². The maximum Gasteiger partial charge on any atom is 0.295 e. The molecule has 1 amide bonds. The number of hydrogen-bond acceptors (Lipinski definition) is 3. The van der Waals surface area contributed by atoms with Gasteiger partial charge in [-0.05, 0) is 46.9 Å². The Kier molecular flexibility index (Phi) is 4.28. The zero-order valence-corrected chi connectivity index (χ0v) is 12.1. The van der Waals surface area contributed by atoms with Crippen LogP contribution < -0.4 is 5.32 Å². The SMILES string of the molecule is O=C(Nc1c(F)cccc1[N+](=O)[O-])c1cccc(I)c1. The monoisotopic (exact) mass is 386 g/mol. The van der Waals surface area contributed by atoms with Crippen LogP contribution in [0.25, 0.3) is 0 Å². The fraction of sp³-hybridized carbons (Fsp3) is 0. The average molecular weight is 386 g/mol. The van der Waals surface area contributed by atoms with Crippen LogP contribution in [0, 0.1) is 19.5 Å². The topological polar surface area (TPSA) is 72.2 Å². The Morgan fingerprint density at radius 1 is 1.25 bits per heavy atom. The van der Waals surface area contributed by atoms with Crippen molar-refractivity contribution in [3.63, 3.8) is 0 Å². The summed E-state index contributed by atoms with van der Waals surface area (Å²) in [5.41, 5.74) is -0.611. The molecule has 0 aliphatic carbocycles. The number of benzene rings is 2. The van der Waals surface area contributed by atoms with Gasteiger partial charge >= 0.3 is 0 Å². The molecule has 0 atom stereocenters. The Hall–Kier alpha value is -2.03. The fourth-order valence-corrected chi connectivity index (χ4v) is 2.15. The summed E-state index contributed by atoms with van der Waals surface area (Å²) in [5, 5.41) is 13.1. The van der Waals surface area contributed by atoms with Crippen LogP contribution in [0.15, 0.2) is 42.5 Å². The summed E-state index contributed by atoms with van der Waals surface area (Å²) < 4.78 is 14.5. The molecule has 7 heteroatoms. The van der Waals surface area contributed by atoms with E-state index >= 15 is 0 Å². The second kappa shape index (κ2) is 5.95. The molecule has 0 bridgehead atoms. The van der Waals surface area contributed by atoms with Crippen LogP contribution in [-0.2, 0) is 0 Å². The van der Waals surface area contributed by atoms with Crippen LogP contribution in [0.5, 0.6) is 0 Å². The maximum absolute atomic E-state index is 13.6. The molecular formula is C13H8FIN2O3. The van der Waals surface area contributed by atoms with Gasteiger partial charge in [-0.1, -0.05) is 12.1 Å². The van der Waals surface area contributed by atoms with E-state index < -0.39 is 28.0 Å². The van der Waals surface area contributed by atoms with Crippen molar-refractivity contribution in [3.8, 4) is 0 Å². The zero-order chi connectivity index (χ0) is 14.7. The van der Waals surface area contributed by atoms with E-state index in [9.17, 15) is 19.3 Å². The molecule has 0 heterocycles. The first-order valence-electron chi connectivity index (χ1n) is 5.49. The number of rotatable bonds is 3. The Bertz CT molecular complexity index is 691. The second-order valence-corrected chi connectivity index (χ2v) is 5.10. The Balaban J connectivity index is 2.35. The van der Waals surface area contributed by atoms with Gasteiger partial charge in [0.1, 0.15) is 0 Å². The Morgan fingerprint density at radius 3 is 2.60 bits per heavy atom. The summed E-state index contributed by atoms with van der Waals surface area (Å²) in [6, 6.07) is 10.0. The van der Waals surface area contributed by atoms with Gasteiger partial charge < -0.3 is 5.32 Å². The molecule has 2 rings (SSSR count). The summed E-state index contributed by atoms with van der Waals surface area (Å²) >= 11 is 2.03. The van der Waals surface area contributed by atoms with Gasteiger partial charge in [0, 0.05) is 15.2 Å². The number of halogens is 2. The van der Waals surface area contributed by atoms with Gasteiger partial charge in [0.2, 0.25) is 0 Å². The van der Waals surface area contributed by atoms with Crippen LogP contribution in [0.3, 0.4) is 0 Å². The molecule has 0 fully saturated rings. The highest BCUT2D eigenvalue weighted by atomic mass is 127. The van der Waals surface area contributed by atoms with Crippen LogP contribution >= 0.6 is 22.6 Å². The maximum atomic E-state index is 13.6. The Morgan fingerprint density at radius 2 is 1.95 bits per heavy atom. The van der Waals surface area contributed by atoms with Gasteiger partial charge in [-0.2, -0.15) is 0 Å². The number of nitrogens with one attached hydrogen (secondary N) is 1. The third-order valence-corrected chi connectivity index (χ3v) is 3.18. The number of amides is 1. The first-order valence-corrected chi connectivity index (χ1v) is 6.56. The lowest BCUT2D eigenvalue weighted by molar-refractivity contribution is -0.384. The lowest BCUT2D eigenvalue weighted by atomic mass is 10.2.